The van der Waals surface area contributed by atoms with E-state index in [1.54, 1.807) is 11.1 Å². The second kappa shape index (κ2) is 6.70. The molecule has 0 atom stereocenters. The number of hydrogen-bond donors (Lipinski definition) is 1. The summed E-state index contributed by atoms with van der Waals surface area (Å²) in [6.07, 6.45) is 4.04. The molecule has 0 unspecified atom stereocenters. The molecule has 0 aliphatic carbocycles. The van der Waals surface area contributed by atoms with Gasteiger partial charge in [0.25, 0.3) is 0 Å². The minimum atomic E-state index is 0.491. The van der Waals surface area contributed by atoms with E-state index in [4.69, 9.17) is 4.74 Å². The van der Waals surface area contributed by atoms with Crippen LogP contribution in [-0.4, -0.2) is 37.2 Å². The lowest BCUT2D eigenvalue weighted by molar-refractivity contribution is 0.0124. The predicted octanol–water partition coefficient (Wildman–Crippen LogP) is 2.33. The zero-order valence-electron chi connectivity index (χ0n) is 12.5. The van der Waals surface area contributed by atoms with Gasteiger partial charge in [0.05, 0.1) is 6.10 Å². The lowest BCUT2D eigenvalue weighted by Crippen LogP contribution is -2.37. The fourth-order valence-electron chi connectivity index (χ4n) is 3.47. The first-order valence-electron chi connectivity index (χ1n) is 8.01. The van der Waals surface area contributed by atoms with Gasteiger partial charge >= 0.3 is 0 Å². The van der Waals surface area contributed by atoms with Gasteiger partial charge in [-0.1, -0.05) is 18.2 Å². The average Bonchev–Trinajstić information content (AvgIpc) is 2.50. The van der Waals surface area contributed by atoms with Crippen LogP contribution < -0.4 is 5.32 Å². The minimum Gasteiger partial charge on any atom is -0.378 e. The van der Waals surface area contributed by atoms with Crippen molar-refractivity contribution in [1.29, 1.82) is 0 Å². The molecule has 1 aromatic rings. The highest BCUT2D eigenvalue weighted by Crippen LogP contribution is 2.22. The smallest absolute Gasteiger partial charge is 0.0599 e. The number of fused-ring (bicyclic) bond motifs is 1. The van der Waals surface area contributed by atoms with Gasteiger partial charge in [-0.05, 0) is 49.4 Å². The molecule has 2 aliphatic heterocycles. The van der Waals surface area contributed by atoms with Crippen molar-refractivity contribution in [1.82, 2.24) is 10.2 Å². The van der Waals surface area contributed by atoms with E-state index in [1.807, 2.05) is 0 Å². The van der Waals surface area contributed by atoms with Gasteiger partial charge in [0.2, 0.25) is 0 Å². The van der Waals surface area contributed by atoms with Crippen molar-refractivity contribution in [2.24, 2.45) is 0 Å². The van der Waals surface area contributed by atoms with Gasteiger partial charge in [0.1, 0.15) is 0 Å². The standard InChI is InChI=1S/C17H26N2O/c1-2-20-16-7-10-19(11-8-16)13-15-5-3-4-14-12-18-9-6-17(14)15/h3-5,16,18H,2,6-13H2,1H3. The Morgan fingerprint density at radius 1 is 1.30 bits per heavy atom. The van der Waals surface area contributed by atoms with Crippen molar-refractivity contribution >= 4 is 0 Å². The van der Waals surface area contributed by atoms with Crippen LogP contribution in [0.4, 0.5) is 0 Å². The lowest BCUT2D eigenvalue weighted by Gasteiger charge is -2.32. The molecule has 3 rings (SSSR count). The summed E-state index contributed by atoms with van der Waals surface area (Å²) in [5.41, 5.74) is 4.63. The van der Waals surface area contributed by atoms with Gasteiger partial charge in [-0.2, -0.15) is 0 Å². The summed E-state index contributed by atoms with van der Waals surface area (Å²) < 4.78 is 5.74. The summed E-state index contributed by atoms with van der Waals surface area (Å²) >= 11 is 0. The van der Waals surface area contributed by atoms with Crippen molar-refractivity contribution in [2.75, 3.05) is 26.2 Å². The van der Waals surface area contributed by atoms with Crippen LogP contribution >= 0.6 is 0 Å². The topological polar surface area (TPSA) is 24.5 Å². The molecule has 0 bridgehead atoms. The summed E-state index contributed by atoms with van der Waals surface area (Å²) in [5.74, 6) is 0. The van der Waals surface area contributed by atoms with E-state index in [0.717, 1.165) is 26.2 Å². The molecule has 0 spiro atoms. The number of nitrogens with one attached hydrogen (secondary N) is 1. The molecule has 0 aromatic heterocycles. The molecule has 0 amide bonds. The van der Waals surface area contributed by atoms with E-state index >= 15 is 0 Å². The quantitative estimate of drug-likeness (QED) is 0.912. The zero-order chi connectivity index (χ0) is 13.8. The van der Waals surface area contributed by atoms with Crippen LogP contribution in [0.3, 0.4) is 0 Å². The van der Waals surface area contributed by atoms with E-state index < -0.39 is 0 Å². The number of nitrogens with zero attached hydrogens (tertiary/aromatic N) is 1. The number of benzene rings is 1. The maximum atomic E-state index is 5.74. The highest BCUT2D eigenvalue weighted by Gasteiger charge is 2.21. The van der Waals surface area contributed by atoms with Crippen LogP contribution in [0.1, 0.15) is 36.5 Å². The zero-order valence-corrected chi connectivity index (χ0v) is 12.5. The van der Waals surface area contributed by atoms with E-state index in [0.29, 0.717) is 6.10 Å². The van der Waals surface area contributed by atoms with Gasteiger partial charge in [-0.15, -0.1) is 0 Å². The lowest BCUT2D eigenvalue weighted by atomic mass is 9.94. The number of likely N-dealkylation sites (tertiary alicyclic amines) is 1. The first-order chi connectivity index (χ1) is 9.86. The third-order valence-electron chi connectivity index (χ3n) is 4.57. The van der Waals surface area contributed by atoms with Crippen LogP contribution in [0.5, 0.6) is 0 Å². The Balaban J connectivity index is 1.61. The summed E-state index contributed by atoms with van der Waals surface area (Å²) in [6.45, 7) is 8.56. The van der Waals surface area contributed by atoms with E-state index in [2.05, 4.69) is 35.3 Å². The number of piperidine rings is 1. The van der Waals surface area contributed by atoms with Gasteiger partial charge in [0.15, 0.2) is 0 Å². The Labute approximate surface area is 122 Å². The molecule has 110 valence electrons. The summed E-state index contributed by atoms with van der Waals surface area (Å²) in [5, 5.41) is 3.46. The summed E-state index contributed by atoms with van der Waals surface area (Å²) in [7, 11) is 0. The third kappa shape index (κ3) is 3.22. The highest BCUT2D eigenvalue weighted by molar-refractivity contribution is 5.37. The van der Waals surface area contributed by atoms with Crippen molar-refractivity contribution < 1.29 is 4.74 Å². The number of ether oxygens (including phenoxy) is 1. The normalized spacial score (nSPS) is 20.9. The number of hydrogen-bond acceptors (Lipinski definition) is 3. The van der Waals surface area contributed by atoms with Gasteiger partial charge in [-0.25, -0.2) is 0 Å². The van der Waals surface area contributed by atoms with Crippen LogP contribution in [0.15, 0.2) is 18.2 Å². The average molecular weight is 274 g/mol. The Morgan fingerprint density at radius 2 is 2.15 bits per heavy atom. The molecule has 3 heteroatoms. The summed E-state index contributed by atoms with van der Waals surface area (Å²) in [6, 6.07) is 6.80. The van der Waals surface area contributed by atoms with Crippen LogP contribution in [0.25, 0.3) is 0 Å². The van der Waals surface area contributed by atoms with Crippen LogP contribution in [-0.2, 0) is 24.2 Å². The predicted molar refractivity (Wildman–Crippen MR) is 81.8 cm³/mol. The molecule has 1 fully saturated rings. The third-order valence-corrected chi connectivity index (χ3v) is 4.57. The SMILES string of the molecule is CCOC1CCN(Cc2cccc3c2CCNC3)CC1. The second-order valence-corrected chi connectivity index (χ2v) is 5.91. The largest absolute Gasteiger partial charge is 0.378 e. The molecule has 1 aromatic carbocycles. The van der Waals surface area contributed by atoms with Gasteiger partial charge in [-0.3, -0.25) is 4.90 Å². The van der Waals surface area contributed by atoms with Gasteiger partial charge in [0, 0.05) is 32.8 Å². The molecule has 2 aliphatic rings. The molecule has 2 heterocycles. The monoisotopic (exact) mass is 274 g/mol. The molecular formula is C17H26N2O. The molecule has 1 N–H and O–H groups in total. The van der Waals surface area contributed by atoms with Crippen LogP contribution in [0, 0.1) is 0 Å². The maximum absolute atomic E-state index is 5.74. The Kier molecular flexibility index (Phi) is 4.71. The molecule has 20 heavy (non-hydrogen) atoms. The second-order valence-electron chi connectivity index (χ2n) is 5.91. The van der Waals surface area contributed by atoms with E-state index in [-0.39, 0.29) is 0 Å². The Hall–Kier alpha value is -0.900. The maximum Gasteiger partial charge on any atom is 0.0599 e. The van der Waals surface area contributed by atoms with Crippen molar-refractivity contribution in [3.8, 4) is 0 Å². The van der Waals surface area contributed by atoms with Gasteiger partial charge < -0.3 is 10.1 Å². The molecule has 1 saturated heterocycles. The fraction of sp³-hybridized carbons (Fsp3) is 0.647. The summed E-state index contributed by atoms with van der Waals surface area (Å²) in [4.78, 5) is 2.59. The Morgan fingerprint density at radius 3 is 2.95 bits per heavy atom. The number of rotatable bonds is 4. The highest BCUT2D eigenvalue weighted by atomic mass is 16.5. The molecule has 0 saturated carbocycles. The Bertz CT molecular complexity index is 439. The first-order valence-corrected chi connectivity index (χ1v) is 8.01. The van der Waals surface area contributed by atoms with Crippen molar-refractivity contribution in [3.63, 3.8) is 0 Å². The first kappa shape index (κ1) is 14.1. The molecule has 0 radical (unpaired) electrons. The molecular weight excluding hydrogens is 248 g/mol. The van der Waals surface area contributed by atoms with Crippen LogP contribution in [0.2, 0.25) is 0 Å². The van der Waals surface area contributed by atoms with Crippen molar-refractivity contribution in [3.05, 3.63) is 34.9 Å². The molecule has 3 nitrogen and oxygen atoms in total. The van der Waals surface area contributed by atoms with E-state index in [1.165, 1.54) is 37.9 Å². The minimum absolute atomic E-state index is 0.491. The van der Waals surface area contributed by atoms with E-state index in [9.17, 15) is 0 Å². The fourth-order valence-corrected chi connectivity index (χ4v) is 3.47. The van der Waals surface area contributed by atoms with Crippen molar-refractivity contribution in [2.45, 2.75) is 45.4 Å².